The highest BCUT2D eigenvalue weighted by atomic mass is 32.1. The van der Waals surface area contributed by atoms with Gasteiger partial charge in [-0.2, -0.15) is 0 Å². The van der Waals surface area contributed by atoms with E-state index in [2.05, 4.69) is 34.8 Å². The third-order valence-corrected chi connectivity index (χ3v) is 5.01. The van der Waals surface area contributed by atoms with Gasteiger partial charge in [0.15, 0.2) is 0 Å². The van der Waals surface area contributed by atoms with Crippen molar-refractivity contribution in [1.82, 2.24) is 15.6 Å². The van der Waals surface area contributed by atoms with Gasteiger partial charge in [0.2, 0.25) is 0 Å². The number of thiazole rings is 1. The van der Waals surface area contributed by atoms with Crippen molar-refractivity contribution in [3.05, 3.63) is 16.6 Å². The molecule has 18 heavy (non-hydrogen) atoms. The molecule has 102 valence electrons. The summed E-state index contributed by atoms with van der Waals surface area (Å²) >= 11 is 1.74. The minimum atomic E-state index is 0.383. The Morgan fingerprint density at radius 3 is 2.89 bits per heavy atom. The standard InChI is InChI=1S/C14H25N3S/c1-3-4-14(5-7-15-8-6-14)11-17-12(2)13-16-9-10-18-13/h9-10,12,15,17H,3-8,11H2,1-2H3. The first-order valence-electron chi connectivity index (χ1n) is 7.09. The molecule has 0 bridgehead atoms. The van der Waals surface area contributed by atoms with Crippen molar-refractivity contribution in [3.63, 3.8) is 0 Å². The Morgan fingerprint density at radius 2 is 2.28 bits per heavy atom. The van der Waals surface area contributed by atoms with Crippen LogP contribution in [0.25, 0.3) is 0 Å². The minimum absolute atomic E-state index is 0.383. The lowest BCUT2D eigenvalue weighted by molar-refractivity contribution is 0.171. The molecule has 1 aromatic heterocycles. The minimum Gasteiger partial charge on any atom is -0.317 e. The van der Waals surface area contributed by atoms with Crippen LogP contribution in [0.1, 0.15) is 50.6 Å². The lowest BCUT2D eigenvalue weighted by Gasteiger charge is -2.38. The van der Waals surface area contributed by atoms with Gasteiger partial charge >= 0.3 is 0 Å². The molecule has 0 saturated carbocycles. The SMILES string of the molecule is CCCC1(CNC(C)c2nccs2)CCNCC1. The Hall–Kier alpha value is -0.450. The first-order chi connectivity index (χ1) is 8.76. The van der Waals surface area contributed by atoms with Gasteiger partial charge in [0.1, 0.15) is 5.01 Å². The zero-order valence-corrected chi connectivity index (χ0v) is 12.4. The predicted molar refractivity (Wildman–Crippen MR) is 78.0 cm³/mol. The van der Waals surface area contributed by atoms with Crippen LogP contribution in [-0.4, -0.2) is 24.6 Å². The summed E-state index contributed by atoms with van der Waals surface area (Å²) in [6.07, 6.45) is 7.13. The van der Waals surface area contributed by atoms with Gasteiger partial charge in [-0.25, -0.2) is 4.98 Å². The average Bonchev–Trinajstić information content (AvgIpc) is 2.91. The molecule has 1 aliphatic heterocycles. The quantitative estimate of drug-likeness (QED) is 0.832. The molecule has 0 aromatic carbocycles. The number of nitrogens with zero attached hydrogens (tertiary/aromatic N) is 1. The number of aromatic nitrogens is 1. The van der Waals surface area contributed by atoms with E-state index in [1.165, 1.54) is 43.8 Å². The van der Waals surface area contributed by atoms with Gasteiger partial charge in [-0.3, -0.25) is 0 Å². The Morgan fingerprint density at radius 1 is 1.50 bits per heavy atom. The zero-order chi connectivity index (χ0) is 12.8. The fraction of sp³-hybridized carbons (Fsp3) is 0.786. The highest BCUT2D eigenvalue weighted by molar-refractivity contribution is 7.09. The van der Waals surface area contributed by atoms with Gasteiger partial charge in [-0.15, -0.1) is 11.3 Å². The average molecular weight is 267 g/mol. The Kier molecular flexibility index (Phi) is 5.15. The molecule has 0 radical (unpaired) electrons. The van der Waals surface area contributed by atoms with E-state index in [1.54, 1.807) is 11.3 Å². The van der Waals surface area contributed by atoms with Gasteiger partial charge in [-0.1, -0.05) is 13.3 Å². The first-order valence-corrected chi connectivity index (χ1v) is 7.97. The molecule has 1 aromatic rings. The molecule has 4 heteroatoms. The lowest BCUT2D eigenvalue weighted by Crippen LogP contribution is -2.43. The zero-order valence-electron chi connectivity index (χ0n) is 11.5. The van der Waals surface area contributed by atoms with E-state index < -0.39 is 0 Å². The van der Waals surface area contributed by atoms with Crippen LogP contribution in [0.2, 0.25) is 0 Å². The van der Waals surface area contributed by atoms with Crippen LogP contribution >= 0.6 is 11.3 Å². The maximum Gasteiger partial charge on any atom is 0.109 e. The molecular formula is C14H25N3S. The molecule has 1 unspecified atom stereocenters. The summed E-state index contributed by atoms with van der Waals surface area (Å²) in [5.41, 5.74) is 0.505. The van der Waals surface area contributed by atoms with Gasteiger partial charge in [0, 0.05) is 18.1 Å². The summed E-state index contributed by atoms with van der Waals surface area (Å²) < 4.78 is 0. The van der Waals surface area contributed by atoms with Crippen molar-refractivity contribution in [3.8, 4) is 0 Å². The Labute approximate surface area is 114 Å². The monoisotopic (exact) mass is 267 g/mol. The van der Waals surface area contributed by atoms with Gasteiger partial charge in [0.05, 0.1) is 6.04 Å². The van der Waals surface area contributed by atoms with Crippen LogP contribution in [0.5, 0.6) is 0 Å². The van der Waals surface area contributed by atoms with E-state index >= 15 is 0 Å². The number of hydrogen-bond acceptors (Lipinski definition) is 4. The lowest BCUT2D eigenvalue weighted by atomic mass is 9.75. The molecular weight excluding hydrogens is 242 g/mol. The summed E-state index contributed by atoms with van der Waals surface area (Å²) in [5, 5.41) is 10.4. The summed E-state index contributed by atoms with van der Waals surface area (Å²) in [4.78, 5) is 4.39. The molecule has 0 amide bonds. The molecule has 1 aliphatic rings. The van der Waals surface area contributed by atoms with Crippen molar-refractivity contribution >= 4 is 11.3 Å². The second kappa shape index (κ2) is 6.64. The van der Waals surface area contributed by atoms with E-state index in [1.807, 2.05) is 6.20 Å². The van der Waals surface area contributed by atoms with Crippen LogP contribution in [0, 0.1) is 5.41 Å². The molecule has 1 saturated heterocycles. The van der Waals surface area contributed by atoms with Crippen LogP contribution in [0.3, 0.4) is 0 Å². The highest BCUT2D eigenvalue weighted by Gasteiger charge is 2.31. The van der Waals surface area contributed by atoms with Crippen LogP contribution < -0.4 is 10.6 Å². The van der Waals surface area contributed by atoms with Gasteiger partial charge in [-0.05, 0) is 44.7 Å². The normalized spacial score (nSPS) is 20.8. The van der Waals surface area contributed by atoms with Crippen LogP contribution in [-0.2, 0) is 0 Å². The number of nitrogens with one attached hydrogen (secondary N) is 2. The maximum absolute atomic E-state index is 4.39. The fourth-order valence-electron chi connectivity index (χ4n) is 2.91. The summed E-state index contributed by atoms with van der Waals surface area (Å²) in [5.74, 6) is 0. The van der Waals surface area contributed by atoms with E-state index in [0.717, 1.165) is 6.54 Å². The molecule has 0 spiro atoms. The molecule has 2 N–H and O–H groups in total. The van der Waals surface area contributed by atoms with E-state index in [-0.39, 0.29) is 0 Å². The van der Waals surface area contributed by atoms with Crippen molar-refractivity contribution < 1.29 is 0 Å². The summed E-state index contributed by atoms with van der Waals surface area (Å²) in [7, 11) is 0. The van der Waals surface area contributed by atoms with E-state index in [4.69, 9.17) is 0 Å². The number of piperidine rings is 1. The first kappa shape index (κ1) is 14.0. The molecule has 0 aliphatic carbocycles. The van der Waals surface area contributed by atoms with Crippen LogP contribution in [0.4, 0.5) is 0 Å². The third-order valence-electron chi connectivity index (χ3n) is 4.05. The van der Waals surface area contributed by atoms with Gasteiger partial charge < -0.3 is 10.6 Å². The maximum atomic E-state index is 4.39. The fourth-order valence-corrected chi connectivity index (χ4v) is 3.58. The Balaban J connectivity index is 1.89. The molecule has 3 nitrogen and oxygen atoms in total. The second-order valence-electron chi connectivity index (χ2n) is 5.47. The van der Waals surface area contributed by atoms with Crippen molar-refractivity contribution in [1.29, 1.82) is 0 Å². The molecule has 2 rings (SSSR count). The largest absolute Gasteiger partial charge is 0.317 e. The topological polar surface area (TPSA) is 37.0 Å². The van der Waals surface area contributed by atoms with Crippen LogP contribution in [0.15, 0.2) is 11.6 Å². The van der Waals surface area contributed by atoms with Crippen molar-refractivity contribution in [2.24, 2.45) is 5.41 Å². The van der Waals surface area contributed by atoms with Crippen molar-refractivity contribution in [2.75, 3.05) is 19.6 Å². The summed E-state index contributed by atoms with van der Waals surface area (Å²) in [6.45, 7) is 8.00. The van der Waals surface area contributed by atoms with Crippen molar-refractivity contribution in [2.45, 2.75) is 45.6 Å². The number of rotatable bonds is 6. The van der Waals surface area contributed by atoms with Gasteiger partial charge in [0.25, 0.3) is 0 Å². The second-order valence-corrected chi connectivity index (χ2v) is 6.40. The highest BCUT2D eigenvalue weighted by Crippen LogP contribution is 2.34. The van der Waals surface area contributed by atoms with E-state index in [9.17, 15) is 0 Å². The number of hydrogen-bond donors (Lipinski definition) is 2. The summed E-state index contributed by atoms with van der Waals surface area (Å²) in [6, 6.07) is 0.383. The predicted octanol–water partition coefficient (Wildman–Crippen LogP) is 2.96. The molecule has 2 heterocycles. The molecule has 1 atom stereocenters. The smallest absolute Gasteiger partial charge is 0.109 e. The Bertz CT molecular complexity index is 325. The third kappa shape index (κ3) is 3.53. The molecule has 1 fully saturated rings. The van der Waals surface area contributed by atoms with E-state index in [0.29, 0.717) is 11.5 Å².